The van der Waals surface area contributed by atoms with Crippen LogP contribution in [-0.2, 0) is 19.3 Å². The summed E-state index contributed by atoms with van der Waals surface area (Å²) < 4.78 is 0. The summed E-state index contributed by atoms with van der Waals surface area (Å²) in [5.74, 6) is 0.276. The van der Waals surface area contributed by atoms with Crippen molar-refractivity contribution in [1.82, 2.24) is 0 Å². The molecule has 0 saturated heterocycles. The van der Waals surface area contributed by atoms with Gasteiger partial charge in [-0.3, -0.25) is 0 Å². The lowest BCUT2D eigenvalue weighted by atomic mass is 9.87. The Morgan fingerprint density at radius 2 is 1.00 bits per heavy atom. The molecule has 0 heterocycles. The zero-order valence-corrected chi connectivity index (χ0v) is 14.3. The molecule has 0 radical (unpaired) electrons. The third kappa shape index (κ3) is 4.39. The van der Waals surface area contributed by atoms with Crippen molar-refractivity contribution in [2.24, 2.45) is 0 Å². The molecule has 120 valence electrons. The van der Waals surface area contributed by atoms with E-state index in [1.54, 1.807) is 0 Å². The van der Waals surface area contributed by atoms with Gasteiger partial charge >= 0.3 is 0 Å². The maximum absolute atomic E-state index is 10.5. The predicted octanol–water partition coefficient (Wildman–Crippen LogP) is 5.43. The van der Waals surface area contributed by atoms with Crippen LogP contribution in [0.5, 0.6) is 11.5 Å². The SMILES string of the molecule is CCCCc1c(C)c(CCCC)c(CCCC)c(O)c1O. The highest BCUT2D eigenvalue weighted by atomic mass is 16.3. The van der Waals surface area contributed by atoms with Crippen molar-refractivity contribution in [3.8, 4) is 11.5 Å². The molecule has 2 nitrogen and oxygen atoms in total. The molecule has 0 bridgehead atoms. The van der Waals surface area contributed by atoms with Gasteiger partial charge in [-0.05, 0) is 56.6 Å². The van der Waals surface area contributed by atoms with Crippen molar-refractivity contribution >= 4 is 0 Å². The zero-order chi connectivity index (χ0) is 15.8. The summed E-state index contributed by atoms with van der Waals surface area (Å²) in [5.41, 5.74) is 4.44. The van der Waals surface area contributed by atoms with E-state index in [2.05, 4.69) is 27.7 Å². The first-order valence-corrected chi connectivity index (χ1v) is 8.63. The van der Waals surface area contributed by atoms with Crippen LogP contribution in [0, 0.1) is 6.92 Å². The third-order valence-corrected chi connectivity index (χ3v) is 4.41. The van der Waals surface area contributed by atoms with Gasteiger partial charge in [0.1, 0.15) is 0 Å². The maximum Gasteiger partial charge on any atom is 0.161 e. The summed E-state index contributed by atoms with van der Waals surface area (Å²) in [4.78, 5) is 0. The summed E-state index contributed by atoms with van der Waals surface area (Å²) in [6.45, 7) is 8.62. The first-order valence-electron chi connectivity index (χ1n) is 8.63. The molecule has 0 aromatic heterocycles. The van der Waals surface area contributed by atoms with Gasteiger partial charge in [-0.25, -0.2) is 0 Å². The van der Waals surface area contributed by atoms with Gasteiger partial charge in [-0.15, -0.1) is 0 Å². The molecule has 0 unspecified atom stereocenters. The fourth-order valence-electron chi connectivity index (χ4n) is 2.99. The van der Waals surface area contributed by atoms with Gasteiger partial charge in [0.15, 0.2) is 11.5 Å². The fraction of sp³-hybridized carbons (Fsp3) is 0.684. The van der Waals surface area contributed by atoms with E-state index in [4.69, 9.17) is 0 Å². The number of unbranched alkanes of at least 4 members (excludes halogenated alkanes) is 3. The minimum Gasteiger partial charge on any atom is -0.504 e. The number of benzene rings is 1. The molecule has 0 aliphatic heterocycles. The van der Waals surface area contributed by atoms with Gasteiger partial charge in [0.25, 0.3) is 0 Å². The standard InChI is InChI=1S/C19H32O2/c1-5-8-11-15-14(4)16(12-9-6-2)18(20)19(21)17(15)13-10-7-3/h20-21H,5-13H2,1-4H3. The minimum absolute atomic E-state index is 0.132. The summed E-state index contributed by atoms with van der Waals surface area (Å²) >= 11 is 0. The Labute approximate surface area is 130 Å². The fourth-order valence-corrected chi connectivity index (χ4v) is 2.99. The summed E-state index contributed by atoms with van der Waals surface area (Å²) in [5, 5.41) is 20.8. The molecule has 0 spiro atoms. The van der Waals surface area contributed by atoms with E-state index in [1.807, 2.05) is 0 Å². The molecule has 0 saturated carbocycles. The third-order valence-electron chi connectivity index (χ3n) is 4.41. The van der Waals surface area contributed by atoms with E-state index < -0.39 is 0 Å². The second-order valence-electron chi connectivity index (χ2n) is 6.07. The van der Waals surface area contributed by atoms with Crippen molar-refractivity contribution < 1.29 is 10.2 Å². The second-order valence-corrected chi connectivity index (χ2v) is 6.07. The van der Waals surface area contributed by atoms with E-state index in [9.17, 15) is 10.2 Å². The average Bonchev–Trinajstić information content (AvgIpc) is 2.48. The topological polar surface area (TPSA) is 40.5 Å². The Balaban J connectivity index is 3.27. The molecule has 1 aromatic carbocycles. The first kappa shape index (κ1) is 17.9. The van der Waals surface area contributed by atoms with Gasteiger partial charge in [0.2, 0.25) is 0 Å². The number of rotatable bonds is 9. The number of hydrogen-bond donors (Lipinski definition) is 2. The second kappa shape index (κ2) is 8.96. The van der Waals surface area contributed by atoms with Crippen LogP contribution in [0.1, 0.15) is 81.5 Å². The van der Waals surface area contributed by atoms with Crippen molar-refractivity contribution in [1.29, 1.82) is 0 Å². The maximum atomic E-state index is 10.5. The lowest BCUT2D eigenvalue weighted by Gasteiger charge is -2.20. The number of phenolic OH excluding ortho intramolecular Hbond substituents is 2. The van der Waals surface area contributed by atoms with Crippen LogP contribution in [0.25, 0.3) is 0 Å². The summed E-state index contributed by atoms with van der Waals surface area (Å²) in [6, 6.07) is 0. The molecule has 1 aromatic rings. The average molecular weight is 292 g/mol. The molecule has 0 aliphatic rings. The van der Waals surface area contributed by atoms with E-state index in [1.165, 1.54) is 11.1 Å². The molecule has 0 atom stereocenters. The molecule has 0 fully saturated rings. The lowest BCUT2D eigenvalue weighted by molar-refractivity contribution is 0.392. The van der Waals surface area contributed by atoms with Gasteiger partial charge in [0.05, 0.1) is 0 Å². The van der Waals surface area contributed by atoms with Crippen molar-refractivity contribution in [2.75, 3.05) is 0 Å². The Hall–Kier alpha value is -1.18. The smallest absolute Gasteiger partial charge is 0.161 e. The zero-order valence-electron chi connectivity index (χ0n) is 14.3. The highest BCUT2D eigenvalue weighted by Crippen LogP contribution is 2.40. The van der Waals surface area contributed by atoms with E-state index in [-0.39, 0.29) is 11.5 Å². The van der Waals surface area contributed by atoms with Crippen LogP contribution < -0.4 is 0 Å². The highest BCUT2D eigenvalue weighted by Gasteiger charge is 2.20. The monoisotopic (exact) mass is 292 g/mol. The molecule has 2 heteroatoms. The molecule has 0 amide bonds. The predicted molar refractivity (Wildman–Crippen MR) is 90.3 cm³/mol. The van der Waals surface area contributed by atoms with E-state index >= 15 is 0 Å². The van der Waals surface area contributed by atoms with E-state index in [0.29, 0.717) is 0 Å². The normalized spacial score (nSPS) is 11.0. The van der Waals surface area contributed by atoms with Crippen molar-refractivity contribution in [3.05, 3.63) is 22.3 Å². The Morgan fingerprint density at radius 1 is 0.619 bits per heavy atom. The van der Waals surface area contributed by atoms with Gasteiger partial charge in [0, 0.05) is 11.1 Å². The van der Waals surface area contributed by atoms with Crippen LogP contribution >= 0.6 is 0 Å². The van der Waals surface area contributed by atoms with Crippen molar-refractivity contribution in [2.45, 2.75) is 85.5 Å². The highest BCUT2D eigenvalue weighted by molar-refractivity contribution is 5.58. The number of phenols is 2. The molecule has 21 heavy (non-hydrogen) atoms. The molecule has 2 N–H and O–H groups in total. The number of hydrogen-bond acceptors (Lipinski definition) is 2. The Bertz CT molecular complexity index is 450. The number of aromatic hydroxyl groups is 2. The van der Waals surface area contributed by atoms with Gasteiger partial charge in [-0.2, -0.15) is 0 Å². The van der Waals surface area contributed by atoms with Crippen LogP contribution in [0.4, 0.5) is 0 Å². The lowest BCUT2D eigenvalue weighted by Crippen LogP contribution is -2.04. The van der Waals surface area contributed by atoms with Crippen LogP contribution in [0.15, 0.2) is 0 Å². The summed E-state index contributed by atoms with van der Waals surface area (Å²) in [6.07, 6.45) is 9.32. The Kier molecular flexibility index (Phi) is 7.63. The Morgan fingerprint density at radius 3 is 1.48 bits per heavy atom. The molecule has 0 aliphatic carbocycles. The van der Waals surface area contributed by atoms with Gasteiger partial charge in [-0.1, -0.05) is 40.0 Å². The first-order chi connectivity index (χ1) is 10.1. The van der Waals surface area contributed by atoms with Gasteiger partial charge < -0.3 is 10.2 Å². The summed E-state index contributed by atoms with van der Waals surface area (Å²) in [7, 11) is 0. The molecular weight excluding hydrogens is 260 g/mol. The molecule has 1 rings (SSSR count). The van der Waals surface area contributed by atoms with Crippen LogP contribution in [-0.4, -0.2) is 10.2 Å². The van der Waals surface area contributed by atoms with Crippen molar-refractivity contribution in [3.63, 3.8) is 0 Å². The van der Waals surface area contributed by atoms with Crippen LogP contribution in [0.2, 0.25) is 0 Å². The van der Waals surface area contributed by atoms with Crippen LogP contribution in [0.3, 0.4) is 0 Å². The minimum atomic E-state index is 0.132. The molecular formula is C19H32O2. The quantitative estimate of drug-likeness (QED) is 0.595. The van der Waals surface area contributed by atoms with E-state index in [0.717, 1.165) is 68.9 Å². The largest absolute Gasteiger partial charge is 0.504 e.